The Balaban J connectivity index is 1.81. The minimum absolute atomic E-state index is 0.0651. The van der Waals surface area contributed by atoms with E-state index in [0.717, 1.165) is 29.6 Å². The zero-order valence-corrected chi connectivity index (χ0v) is 21.4. The number of benzene rings is 3. The number of fused-ring (bicyclic) bond motifs is 2. The molecule has 4 heteroatoms. The van der Waals surface area contributed by atoms with Crippen LogP contribution in [0.5, 0.6) is 0 Å². The van der Waals surface area contributed by atoms with Crippen LogP contribution in [0.25, 0.3) is 33.1 Å². The van der Waals surface area contributed by atoms with Crippen molar-refractivity contribution in [2.45, 2.75) is 57.9 Å². The summed E-state index contributed by atoms with van der Waals surface area (Å²) in [4.78, 5) is 5.47. The van der Waals surface area contributed by atoms with E-state index in [9.17, 15) is 5.11 Å². The molecule has 1 aromatic heterocycles. The fourth-order valence-electron chi connectivity index (χ4n) is 6.72. The minimum atomic E-state index is -0.249. The van der Waals surface area contributed by atoms with Crippen LogP contribution < -0.4 is 4.57 Å². The van der Waals surface area contributed by atoms with Gasteiger partial charge in [-0.25, -0.2) is 4.98 Å². The number of aromatic nitrogens is 2. The molecule has 6 rings (SSSR count). The molecule has 1 N–H and O–H groups in total. The molecule has 2 atom stereocenters. The molecule has 0 saturated carbocycles. The summed E-state index contributed by atoms with van der Waals surface area (Å²) in [6.07, 6.45) is 1.85. The van der Waals surface area contributed by atoms with Crippen LogP contribution in [-0.2, 0) is 16.6 Å². The van der Waals surface area contributed by atoms with Crippen molar-refractivity contribution < 1.29 is 14.4 Å². The summed E-state index contributed by atoms with van der Waals surface area (Å²) >= 11 is 0. The molecule has 0 fully saturated rings. The Hall–Kier alpha value is -2.82. The van der Waals surface area contributed by atoms with Crippen LogP contribution in [0, 0.1) is 5.92 Å². The average molecular weight is 468 g/mol. The molecule has 2 unspecified atom stereocenters. The Kier molecular flexibility index (Phi) is 5.24. The van der Waals surface area contributed by atoms with E-state index >= 15 is 0 Å². The second-order valence-corrected chi connectivity index (χ2v) is 11.3. The summed E-state index contributed by atoms with van der Waals surface area (Å²) in [5.74, 6) is 0.704. The molecule has 3 aromatic carbocycles. The van der Waals surface area contributed by atoms with Gasteiger partial charge in [0.05, 0.1) is 11.5 Å². The predicted molar refractivity (Wildman–Crippen MR) is 141 cm³/mol. The largest absolute Gasteiger partial charge is 0.389 e. The van der Waals surface area contributed by atoms with Gasteiger partial charge in [-0.2, -0.15) is 4.57 Å². The molecule has 0 radical (unpaired) electrons. The van der Waals surface area contributed by atoms with Crippen molar-refractivity contribution in [1.82, 2.24) is 4.98 Å². The van der Waals surface area contributed by atoms with E-state index in [-0.39, 0.29) is 24.0 Å². The number of hydrogen-bond acceptors (Lipinski definition) is 3. The van der Waals surface area contributed by atoms with Gasteiger partial charge in [0.2, 0.25) is 11.2 Å². The van der Waals surface area contributed by atoms with Crippen LogP contribution in [0.3, 0.4) is 0 Å². The third kappa shape index (κ3) is 3.12. The van der Waals surface area contributed by atoms with Crippen LogP contribution in [0.15, 0.2) is 48.5 Å². The Bertz CT molecular complexity index is 1470. The molecule has 0 saturated heterocycles. The van der Waals surface area contributed by atoms with E-state index in [0.29, 0.717) is 12.5 Å². The lowest BCUT2D eigenvalue weighted by atomic mass is 9.68. The van der Waals surface area contributed by atoms with Gasteiger partial charge < -0.3 is 9.84 Å². The molecule has 180 valence electrons. The lowest BCUT2D eigenvalue weighted by Crippen LogP contribution is -2.53. The predicted octanol–water partition coefficient (Wildman–Crippen LogP) is 5.85. The molecule has 2 heterocycles. The maximum absolute atomic E-state index is 10.9. The molecule has 0 spiro atoms. The topological polar surface area (TPSA) is 46.2 Å². The average Bonchev–Trinajstić information content (AvgIpc) is 2.84. The standard InChI is InChI=1S/C31H35N2O2/c1-18(2)16-20-9-7-11-24-28(20)32-30-29-27-22(21(14-15-35-5)25(17-34)33(24)29)13-12-19-8-6-10-23(26(19)27)31(30,3)4/h6-13,18,21,25,34H,14-17H2,1-5H3/q+1. The number of nitrogens with zero attached hydrogens (tertiary/aromatic N) is 2. The maximum Gasteiger partial charge on any atom is 0.236 e. The Labute approximate surface area is 207 Å². The van der Waals surface area contributed by atoms with E-state index in [1.807, 2.05) is 0 Å². The highest BCUT2D eigenvalue weighted by Crippen LogP contribution is 2.53. The van der Waals surface area contributed by atoms with Gasteiger partial charge in [0, 0.05) is 30.6 Å². The van der Waals surface area contributed by atoms with Crippen LogP contribution in [0.4, 0.5) is 0 Å². The SMILES string of the molecule is COCCC1c2ccc3cccc4c3c2-c2c(nc3c(CC(C)C)cccc3[n+]2C1CO)C4(C)C. The third-order valence-electron chi connectivity index (χ3n) is 8.27. The van der Waals surface area contributed by atoms with E-state index in [2.05, 4.69) is 80.8 Å². The minimum Gasteiger partial charge on any atom is -0.389 e. The van der Waals surface area contributed by atoms with Crippen LogP contribution >= 0.6 is 0 Å². The first-order valence-electron chi connectivity index (χ1n) is 12.9. The zero-order valence-electron chi connectivity index (χ0n) is 21.4. The van der Waals surface area contributed by atoms with Gasteiger partial charge in [-0.05, 0) is 54.7 Å². The van der Waals surface area contributed by atoms with E-state index in [1.165, 1.54) is 38.7 Å². The van der Waals surface area contributed by atoms with Crippen molar-refractivity contribution >= 4 is 21.8 Å². The highest BCUT2D eigenvalue weighted by atomic mass is 16.5. The van der Waals surface area contributed by atoms with Gasteiger partial charge in [0.25, 0.3) is 0 Å². The lowest BCUT2D eigenvalue weighted by molar-refractivity contribution is -0.696. The summed E-state index contributed by atoms with van der Waals surface area (Å²) in [6, 6.07) is 17.8. The monoisotopic (exact) mass is 467 g/mol. The summed E-state index contributed by atoms with van der Waals surface area (Å²) in [7, 11) is 1.76. The second-order valence-electron chi connectivity index (χ2n) is 11.3. The molecule has 35 heavy (non-hydrogen) atoms. The molecule has 1 aliphatic carbocycles. The molecular formula is C31H35N2O2+. The summed E-state index contributed by atoms with van der Waals surface area (Å²) in [5.41, 5.74) is 9.52. The maximum atomic E-state index is 10.9. The second kappa shape index (κ2) is 8.11. The Morgan fingerprint density at radius 1 is 1.09 bits per heavy atom. The molecule has 0 bridgehead atoms. The van der Waals surface area contributed by atoms with Gasteiger partial charge in [-0.3, -0.25) is 0 Å². The van der Waals surface area contributed by atoms with Gasteiger partial charge in [-0.15, -0.1) is 0 Å². The smallest absolute Gasteiger partial charge is 0.236 e. The Morgan fingerprint density at radius 3 is 2.63 bits per heavy atom. The van der Waals surface area contributed by atoms with Crippen molar-refractivity contribution in [3.8, 4) is 11.3 Å². The highest BCUT2D eigenvalue weighted by molar-refractivity contribution is 6.03. The van der Waals surface area contributed by atoms with Gasteiger partial charge in [0.1, 0.15) is 17.8 Å². The first-order chi connectivity index (χ1) is 16.9. The molecule has 4 nitrogen and oxygen atoms in total. The third-order valence-corrected chi connectivity index (χ3v) is 8.27. The van der Waals surface area contributed by atoms with Crippen LogP contribution in [0.1, 0.15) is 68.5 Å². The summed E-state index contributed by atoms with van der Waals surface area (Å²) in [5, 5.41) is 13.5. The van der Waals surface area contributed by atoms with Crippen molar-refractivity contribution in [1.29, 1.82) is 0 Å². The van der Waals surface area contributed by atoms with Gasteiger partial charge in [-0.1, -0.05) is 56.3 Å². The summed E-state index contributed by atoms with van der Waals surface area (Å²) in [6.45, 7) is 9.89. The molecule has 1 aliphatic heterocycles. The van der Waals surface area contributed by atoms with Gasteiger partial charge >= 0.3 is 0 Å². The quantitative estimate of drug-likeness (QED) is 0.362. The zero-order chi connectivity index (χ0) is 24.5. The van der Waals surface area contributed by atoms with Crippen LogP contribution in [0.2, 0.25) is 0 Å². The normalized spacial score (nSPS) is 19.6. The summed E-state index contributed by atoms with van der Waals surface area (Å²) < 4.78 is 7.99. The first kappa shape index (κ1) is 22.6. The number of aliphatic hydroxyl groups is 1. The van der Waals surface area contributed by atoms with E-state index in [1.54, 1.807) is 7.11 Å². The van der Waals surface area contributed by atoms with Crippen molar-refractivity contribution in [3.63, 3.8) is 0 Å². The number of hydrogen-bond donors (Lipinski definition) is 1. The fourth-order valence-corrected chi connectivity index (χ4v) is 6.72. The van der Waals surface area contributed by atoms with Crippen molar-refractivity contribution in [2.24, 2.45) is 5.92 Å². The first-order valence-corrected chi connectivity index (χ1v) is 12.9. The number of rotatable bonds is 6. The van der Waals surface area contributed by atoms with E-state index < -0.39 is 0 Å². The number of aliphatic hydroxyl groups excluding tert-OH is 1. The molecule has 0 amide bonds. The number of para-hydroxylation sites is 1. The molecule has 2 aliphatic rings. The lowest BCUT2D eigenvalue weighted by Gasteiger charge is -2.38. The number of ether oxygens (including phenoxy) is 1. The van der Waals surface area contributed by atoms with Gasteiger partial charge in [0.15, 0.2) is 6.04 Å². The number of methoxy groups -OCH3 is 1. The molecule has 4 aromatic rings. The van der Waals surface area contributed by atoms with Crippen LogP contribution in [-0.4, -0.2) is 30.4 Å². The van der Waals surface area contributed by atoms with E-state index in [4.69, 9.17) is 9.72 Å². The molecular weight excluding hydrogens is 432 g/mol. The van der Waals surface area contributed by atoms with Crippen molar-refractivity contribution in [2.75, 3.05) is 20.3 Å². The fraction of sp³-hybridized carbons (Fsp3) is 0.419. The Morgan fingerprint density at radius 2 is 1.89 bits per heavy atom. The highest BCUT2D eigenvalue weighted by Gasteiger charge is 2.49. The van der Waals surface area contributed by atoms with Crippen molar-refractivity contribution in [3.05, 3.63) is 70.9 Å².